The topological polar surface area (TPSA) is 86.8 Å². The predicted octanol–water partition coefficient (Wildman–Crippen LogP) is 6.04. The summed E-state index contributed by atoms with van der Waals surface area (Å²) < 4.78 is 29.2. The van der Waals surface area contributed by atoms with Crippen molar-refractivity contribution in [2.24, 2.45) is 5.92 Å². The van der Waals surface area contributed by atoms with E-state index in [4.69, 9.17) is 11.6 Å². The molecule has 0 saturated heterocycles. The van der Waals surface area contributed by atoms with Crippen LogP contribution in [0.2, 0.25) is 5.02 Å². The minimum atomic E-state index is -4.11. The number of nitrogens with zero attached hydrogens (tertiary/aromatic N) is 2. The summed E-state index contributed by atoms with van der Waals surface area (Å²) in [6.45, 7) is 11.7. The summed E-state index contributed by atoms with van der Waals surface area (Å²) in [5, 5.41) is 3.49. The van der Waals surface area contributed by atoms with E-state index in [2.05, 4.69) is 5.32 Å². The lowest BCUT2D eigenvalue weighted by molar-refractivity contribution is -0.140. The molecule has 3 rings (SSSR count). The number of sulfonamides is 1. The van der Waals surface area contributed by atoms with Crippen molar-refractivity contribution >= 4 is 39.1 Å². The summed E-state index contributed by atoms with van der Waals surface area (Å²) >= 11 is 6.08. The predicted molar refractivity (Wildman–Crippen MR) is 166 cm³/mol. The molecule has 1 atom stereocenters. The zero-order valence-corrected chi connectivity index (χ0v) is 26.2. The molecule has 0 fully saturated rings. The quantitative estimate of drug-likeness (QED) is 0.276. The minimum Gasteiger partial charge on any atom is -0.354 e. The van der Waals surface area contributed by atoms with E-state index in [1.807, 2.05) is 47.6 Å². The monoisotopic (exact) mass is 597 g/mol. The van der Waals surface area contributed by atoms with Crippen molar-refractivity contribution in [2.75, 3.05) is 17.4 Å². The molecule has 1 N–H and O–H groups in total. The third-order valence-corrected chi connectivity index (χ3v) is 9.04. The van der Waals surface area contributed by atoms with E-state index in [9.17, 15) is 18.0 Å². The molecule has 41 heavy (non-hydrogen) atoms. The molecule has 0 heterocycles. The Morgan fingerprint density at radius 2 is 1.54 bits per heavy atom. The van der Waals surface area contributed by atoms with Crippen LogP contribution in [0.5, 0.6) is 0 Å². The molecule has 9 heteroatoms. The standard InChI is InChI=1S/C32H40ClN3O4S/c1-7-30(32(38)34-19-22(2)3)35(20-26-11-13-27(33)14-12-26)31(37)21-36(28-15-10-24(5)25(6)18-28)41(39,40)29-16-8-23(4)9-17-29/h8-18,22,30H,7,19-21H2,1-6H3,(H,34,38). The van der Waals surface area contributed by atoms with Gasteiger partial charge in [-0.3, -0.25) is 13.9 Å². The third-order valence-electron chi connectivity index (χ3n) is 7.00. The van der Waals surface area contributed by atoms with Crippen molar-refractivity contribution in [3.8, 4) is 0 Å². The van der Waals surface area contributed by atoms with E-state index in [-0.39, 0.29) is 23.3 Å². The van der Waals surface area contributed by atoms with Crippen LogP contribution in [0.3, 0.4) is 0 Å². The van der Waals surface area contributed by atoms with Gasteiger partial charge in [0.1, 0.15) is 12.6 Å². The Labute approximate surface area is 249 Å². The van der Waals surface area contributed by atoms with E-state index in [0.29, 0.717) is 23.7 Å². The first-order valence-corrected chi connectivity index (χ1v) is 15.6. The Bertz CT molecular complexity index is 1460. The molecule has 7 nitrogen and oxygen atoms in total. The molecular formula is C32H40ClN3O4S. The minimum absolute atomic E-state index is 0.0834. The van der Waals surface area contributed by atoms with Crippen molar-refractivity contribution in [3.63, 3.8) is 0 Å². The van der Waals surface area contributed by atoms with Gasteiger partial charge in [-0.05, 0) is 86.2 Å². The molecule has 0 aliphatic carbocycles. The molecule has 1 unspecified atom stereocenters. The van der Waals surface area contributed by atoms with Gasteiger partial charge in [-0.2, -0.15) is 0 Å². The second-order valence-corrected chi connectivity index (χ2v) is 13.1. The molecule has 0 aliphatic rings. The van der Waals surface area contributed by atoms with Crippen LogP contribution in [0.15, 0.2) is 71.6 Å². The Morgan fingerprint density at radius 3 is 2.10 bits per heavy atom. The number of aryl methyl sites for hydroxylation is 3. The van der Waals surface area contributed by atoms with Crippen LogP contribution in [0, 0.1) is 26.7 Å². The van der Waals surface area contributed by atoms with E-state index < -0.39 is 28.5 Å². The average Bonchev–Trinajstić information content (AvgIpc) is 2.93. The lowest BCUT2D eigenvalue weighted by Crippen LogP contribution is -2.52. The van der Waals surface area contributed by atoms with Crippen LogP contribution in [0.25, 0.3) is 0 Å². The van der Waals surface area contributed by atoms with Crippen LogP contribution < -0.4 is 9.62 Å². The number of hydrogen-bond donors (Lipinski definition) is 1. The SMILES string of the molecule is CCC(C(=O)NCC(C)C)N(Cc1ccc(Cl)cc1)C(=O)CN(c1ccc(C)c(C)c1)S(=O)(=O)c1ccc(C)cc1. The van der Waals surface area contributed by atoms with Gasteiger partial charge in [0.05, 0.1) is 10.6 Å². The number of nitrogens with one attached hydrogen (secondary N) is 1. The molecule has 2 amide bonds. The first-order valence-electron chi connectivity index (χ1n) is 13.8. The lowest BCUT2D eigenvalue weighted by Gasteiger charge is -2.33. The number of rotatable bonds is 12. The molecule has 0 radical (unpaired) electrons. The van der Waals surface area contributed by atoms with Gasteiger partial charge in [0, 0.05) is 18.1 Å². The number of amides is 2. The fraction of sp³-hybridized carbons (Fsp3) is 0.375. The first kappa shape index (κ1) is 32.2. The molecule has 3 aromatic rings. The van der Waals surface area contributed by atoms with Crippen LogP contribution in [0.1, 0.15) is 49.4 Å². The van der Waals surface area contributed by atoms with Gasteiger partial charge < -0.3 is 10.2 Å². The molecular weight excluding hydrogens is 558 g/mol. The molecule has 3 aromatic carbocycles. The maximum atomic E-state index is 14.1. The van der Waals surface area contributed by atoms with Gasteiger partial charge in [-0.1, -0.05) is 68.3 Å². The highest BCUT2D eigenvalue weighted by Gasteiger charge is 2.33. The first-order chi connectivity index (χ1) is 19.3. The van der Waals surface area contributed by atoms with Crippen LogP contribution in [-0.2, 0) is 26.2 Å². The number of hydrogen-bond acceptors (Lipinski definition) is 4. The van der Waals surface area contributed by atoms with E-state index in [1.165, 1.54) is 4.90 Å². The fourth-order valence-corrected chi connectivity index (χ4v) is 5.91. The summed E-state index contributed by atoms with van der Waals surface area (Å²) in [6, 6.07) is 18.1. The summed E-state index contributed by atoms with van der Waals surface area (Å²) in [7, 11) is -4.11. The van der Waals surface area contributed by atoms with Gasteiger partial charge >= 0.3 is 0 Å². The van der Waals surface area contributed by atoms with Crippen molar-refractivity contribution in [2.45, 2.75) is 65.4 Å². The molecule has 220 valence electrons. The Balaban J connectivity index is 2.06. The highest BCUT2D eigenvalue weighted by atomic mass is 35.5. The zero-order chi connectivity index (χ0) is 30.3. The lowest BCUT2D eigenvalue weighted by atomic mass is 10.1. The zero-order valence-electron chi connectivity index (χ0n) is 24.6. The molecule has 0 aromatic heterocycles. The Hall–Kier alpha value is -3.36. The van der Waals surface area contributed by atoms with Gasteiger partial charge in [0.15, 0.2) is 0 Å². The van der Waals surface area contributed by atoms with Crippen molar-refractivity contribution in [1.82, 2.24) is 10.2 Å². The molecule has 0 bridgehead atoms. The normalized spacial score (nSPS) is 12.2. The molecule has 0 spiro atoms. The maximum Gasteiger partial charge on any atom is 0.264 e. The number of benzene rings is 3. The van der Waals surface area contributed by atoms with Gasteiger partial charge in [0.2, 0.25) is 11.8 Å². The van der Waals surface area contributed by atoms with Crippen molar-refractivity contribution in [3.05, 3.63) is 94.0 Å². The number of carbonyl (C=O) groups excluding carboxylic acids is 2. The van der Waals surface area contributed by atoms with E-state index in [0.717, 1.165) is 26.6 Å². The van der Waals surface area contributed by atoms with Gasteiger partial charge in [0.25, 0.3) is 10.0 Å². The summed E-state index contributed by atoms with van der Waals surface area (Å²) in [4.78, 5) is 29.0. The highest BCUT2D eigenvalue weighted by molar-refractivity contribution is 7.92. The van der Waals surface area contributed by atoms with Crippen LogP contribution in [-0.4, -0.2) is 44.3 Å². The number of anilines is 1. The summed E-state index contributed by atoms with van der Waals surface area (Å²) in [6.07, 6.45) is 0.359. The summed E-state index contributed by atoms with van der Waals surface area (Å²) in [5.74, 6) is -0.528. The Kier molecular flexibility index (Phi) is 11.0. The van der Waals surface area contributed by atoms with Gasteiger partial charge in [-0.25, -0.2) is 8.42 Å². The Morgan fingerprint density at radius 1 is 0.902 bits per heavy atom. The molecule has 0 aliphatic heterocycles. The second kappa shape index (κ2) is 14.0. The summed E-state index contributed by atoms with van der Waals surface area (Å²) in [5.41, 5.74) is 3.98. The fourth-order valence-electron chi connectivity index (χ4n) is 4.38. The van der Waals surface area contributed by atoms with Crippen molar-refractivity contribution < 1.29 is 18.0 Å². The second-order valence-electron chi connectivity index (χ2n) is 10.8. The highest BCUT2D eigenvalue weighted by Crippen LogP contribution is 2.27. The van der Waals surface area contributed by atoms with Crippen molar-refractivity contribution in [1.29, 1.82) is 0 Å². The van der Waals surface area contributed by atoms with Crippen LogP contribution >= 0.6 is 11.6 Å². The largest absolute Gasteiger partial charge is 0.354 e. The van der Waals surface area contributed by atoms with Crippen LogP contribution in [0.4, 0.5) is 5.69 Å². The smallest absolute Gasteiger partial charge is 0.264 e. The molecule has 0 saturated carbocycles. The van der Waals surface area contributed by atoms with Gasteiger partial charge in [-0.15, -0.1) is 0 Å². The third kappa shape index (κ3) is 8.33. The average molecular weight is 598 g/mol. The van der Waals surface area contributed by atoms with E-state index in [1.54, 1.807) is 60.7 Å². The maximum absolute atomic E-state index is 14.1. The van der Waals surface area contributed by atoms with E-state index >= 15 is 0 Å². The number of halogens is 1. The number of carbonyl (C=O) groups is 2.